The number of nitro groups is 1. The van der Waals surface area contributed by atoms with Crippen LogP contribution in [-0.4, -0.2) is 4.92 Å². The molecule has 6 heteroatoms. The van der Waals surface area contributed by atoms with E-state index in [1.165, 1.54) is 0 Å². The lowest BCUT2D eigenvalue weighted by atomic mass is 10.2. The van der Waals surface area contributed by atoms with Gasteiger partial charge in [-0.2, -0.15) is 4.39 Å². The summed E-state index contributed by atoms with van der Waals surface area (Å²) in [5, 5.41) is 10.1. The van der Waals surface area contributed by atoms with Crippen LogP contribution in [0.15, 0.2) is 18.2 Å². The van der Waals surface area contributed by atoms with E-state index in [9.17, 15) is 23.3 Å². The molecule has 0 aromatic heterocycles. The molecule has 13 heavy (non-hydrogen) atoms. The fourth-order valence-electron chi connectivity index (χ4n) is 0.807. The average Bonchev–Trinajstić information content (AvgIpc) is 2.03. The van der Waals surface area contributed by atoms with Crippen molar-refractivity contribution in [2.24, 2.45) is 0 Å². The van der Waals surface area contributed by atoms with Crippen LogP contribution in [0.4, 0.5) is 18.9 Å². The van der Waals surface area contributed by atoms with E-state index in [1.807, 2.05) is 0 Å². The molecule has 0 unspecified atom stereocenters. The van der Waals surface area contributed by atoms with Crippen LogP contribution in [0.2, 0.25) is 0 Å². The zero-order valence-electron chi connectivity index (χ0n) is 6.21. The zero-order valence-corrected chi connectivity index (χ0v) is 6.21. The molecule has 0 heterocycles. The van der Waals surface area contributed by atoms with Gasteiger partial charge in [-0.3, -0.25) is 10.1 Å². The van der Waals surface area contributed by atoms with Crippen LogP contribution in [0.5, 0.6) is 0 Å². The summed E-state index contributed by atoms with van der Waals surface area (Å²) >= 11 is 0. The lowest BCUT2D eigenvalue weighted by molar-refractivity contribution is -0.387. The first-order chi connectivity index (χ1) is 6.02. The molecule has 0 saturated carbocycles. The number of hydrogen-bond donors (Lipinski definition) is 0. The molecule has 1 aromatic carbocycles. The Kier molecular flexibility index (Phi) is 2.50. The molecule has 1 aromatic rings. The van der Waals surface area contributed by atoms with E-state index in [1.54, 1.807) is 0 Å². The van der Waals surface area contributed by atoms with E-state index in [0.29, 0.717) is 6.07 Å². The second kappa shape index (κ2) is 3.42. The van der Waals surface area contributed by atoms with Gasteiger partial charge in [0.1, 0.15) is 0 Å². The molecule has 0 fully saturated rings. The van der Waals surface area contributed by atoms with Crippen molar-refractivity contribution in [3.63, 3.8) is 0 Å². The van der Waals surface area contributed by atoms with E-state index < -0.39 is 28.4 Å². The van der Waals surface area contributed by atoms with Crippen molar-refractivity contribution in [1.29, 1.82) is 0 Å². The van der Waals surface area contributed by atoms with Gasteiger partial charge in [-0.05, 0) is 12.1 Å². The van der Waals surface area contributed by atoms with E-state index in [4.69, 9.17) is 0 Å². The second-order valence-electron chi connectivity index (χ2n) is 2.27. The van der Waals surface area contributed by atoms with E-state index in [2.05, 4.69) is 0 Å². The van der Waals surface area contributed by atoms with Gasteiger partial charge in [0.25, 0.3) is 6.43 Å². The normalized spacial score (nSPS) is 10.5. The van der Waals surface area contributed by atoms with Gasteiger partial charge in [-0.1, -0.05) is 0 Å². The minimum absolute atomic E-state index is 0.461. The molecule has 0 N–H and O–H groups in total. The number of alkyl halides is 2. The van der Waals surface area contributed by atoms with Crippen LogP contribution < -0.4 is 0 Å². The Labute approximate surface area is 70.9 Å². The van der Waals surface area contributed by atoms with Crippen molar-refractivity contribution in [1.82, 2.24) is 0 Å². The van der Waals surface area contributed by atoms with E-state index in [0.717, 1.165) is 12.1 Å². The Morgan fingerprint density at radius 3 is 2.38 bits per heavy atom. The molecule has 0 bridgehead atoms. The highest BCUT2D eigenvalue weighted by molar-refractivity contribution is 5.35. The molecule has 0 aliphatic rings. The first kappa shape index (κ1) is 9.50. The third-order valence-electron chi connectivity index (χ3n) is 1.42. The minimum Gasteiger partial charge on any atom is -0.258 e. The van der Waals surface area contributed by atoms with Crippen LogP contribution in [0, 0.1) is 15.9 Å². The highest BCUT2D eigenvalue weighted by Gasteiger charge is 2.16. The Balaban J connectivity index is 3.13. The van der Waals surface area contributed by atoms with Crippen LogP contribution in [0.25, 0.3) is 0 Å². The molecule has 0 radical (unpaired) electrons. The summed E-state index contributed by atoms with van der Waals surface area (Å²) in [5.74, 6) is -1.25. The third-order valence-corrected chi connectivity index (χ3v) is 1.42. The van der Waals surface area contributed by atoms with Crippen molar-refractivity contribution in [3.05, 3.63) is 39.7 Å². The standard InChI is InChI=1S/C7H4F3NO2/c8-5-3-4(7(9)10)1-2-6(5)11(12)13/h1-3,7H. The predicted molar refractivity (Wildman–Crippen MR) is 38.0 cm³/mol. The number of halogens is 3. The maximum absolute atomic E-state index is 12.7. The number of rotatable bonds is 2. The quantitative estimate of drug-likeness (QED) is 0.532. The van der Waals surface area contributed by atoms with Gasteiger partial charge in [0.05, 0.1) is 4.92 Å². The summed E-state index contributed by atoms with van der Waals surface area (Å²) in [4.78, 5) is 9.11. The maximum atomic E-state index is 12.7. The maximum Gasteiger partial charge on any atom is 0.304 e. The minimum atomic E-state index is -2.82. The lowest BCUT2D eigenvalue weighted by Crippen LogP contribution is -1.94. The zero-order chi connectivity index (χ0) is 10.0. The van der Waals surface area contributed by atoms with Crippen LogP contribution in [0.1, 0.15) is 12.0 Å². The summed E-state index contributed by atoms with van der Waals surface area (Å²) in [6.07, 6.45) is -2.82. The Morgan fingerprint density at radius 1 is 1.38 bits per heavy atom. The Morgan fingerprint density at radius 2 is 2.00 bits per heavy atom. The van der Waals surface area contributed by atoms with Crippen LogP contribution >= 0.6 is 0 Å². The molecule has 3 nitrogen and oxygen atoms in total. The summed E-state index contributed by atoms with van der Waals surface area (Å²) < 4.78 is 36.6. The van der Waals surface area contributed by atoms with Crippen molar-refractivity contribution in [3.8, 4) is 0 Å². The Bertz CT molecular complexity index is 341. The highest BCUT2D eigenvalue weighted by Crippen LogP contribution is 2.24. The number of nitrogens with zero attached hydrogens (tertiary/aromatic N) is 1. The summed E-state index contributed by atoms with van der Waals surface area (Å²) in [6.45, 7) is 0. The fraction of sp³-hybridized carbons (Fsp3) is 0.143. The van der Waals surface area contributed by atoms with Gasteiger partial charge >= 0.3 is 5.69 Å². The molecule has 70 valence electrons. The predicted octanol–water partition coefficient (Wildman–Crippen LogP) is 2.67. The highest BCUT2D eigenvalue weighted by atomic mass is 19.3. The monoisotopic (exact) mass is 191 g/mol. The topological polar surface area (TPSA) is 43.1 Å². The molecule has 1 rings (SSSR count). The average molecular weight is 191 g/mol. The summed E-state index contributed by atoms with van der Waals surface area (Å²) in [5.41, 5.74) is -1.37. The molecule has 0 aliphatic heterocycles. The third kappa shape index (κ3) is 1.95. The van der Waals surface area contributed by atoms with Crippen LogP contribution in [-0.2, 0) is 0 Å². The molecular weight excluding hydrogens is 187 g/mol. The summed E-state index contributed by atoms with van der Waals surface area (Å²) in [6, 6.07) is 2.01. The van der Waals surface area contributed by atoms with Crippen molar-refractivity contribution in [2.75, 3.05) is 0 Å². The lowest BCUT2D eigenvalue weighted by Gasteiger charge is -1.98. The molecule has 0 aliphatic carbocycles. The van der Waals surface area contributed by atoms with Gasteiger partial charge in [0, 0.05) is 11.6 Å². The fourth-order valence-corrected chi connectivity index (χ4v) is 0.807. The van der Waals surface area contributed by atoms with Crippen LogP contribution in [0.3, 0.4) is 0 Å². The largest absolute Gasteiger partial charge is 0.304 e. The smallest absolute Gasteiger partial charge is 0.258 e. The van der Waals surface area contributed by atoms with E-state index in [-0.39, 0.29) is 0 Å². The van der Waals surface area contributed by atoms with Gasteiger partial charge in [-0.15, -0.1) is 0 Å². The molecular formula is C7H4F3NO2. The van der Waals surface area contributed by atoms with Gasteiger partial charge in [0.2, 0.25) is 5.82 Å². The summed E-state index contributed by atoms with van der Waals surface area (Å²) in [7, 11) is 0. The van der Waals surface area contributed by atoms with Crippen molar-refractivity contribution in [2.45, 2.75) is 6.43 Å². The first-order valence-corrected chi connectivity index (χ1v) is 3.24. The van der Waals surface area contributed by atoms with Gasteiger partial charge in [-0.25, -0.2) is 8.78 Å². The second-order valence-corrected chi connectivity index (χ2v) is 2.27. The van der Waals surface area contributed by atoms with Crippen molar-refractivity contribution < 1.29 is 18.1 Å². The Hall–Kier alpha value is -1.59. The number of nitro benzene ring substituents is 1. The van der Waals surface area contributed by atoms with E-state index >= 15 is 0 Å². The van der Waals surface area contributed by atoms with Gasteiger partial charge < -0.3 is 0 Å². The molecule has 0 amide bonds. The first-order valence-electron chi connectivity index (χ1n) is 3.24. The van der Waals surface area contributed by atoms with Gasteiger partial charge in [0.15, 0.2) is 0 Å². The molecule has 0 saturated heterocycles. The number of benzene rings is 1. The van der Waals surface area contributed by atoms with Crippen molar-refractivity contribution >= 4 is 5.69 Å². The number of hydrogen-bond acceptors (Lipinski definition) is 2. The molecule has 0 spiro atoms. The molecule has 0 atom stereocenters. The SMILES string of the molecule is O=[N+]([O-])c1ccc(C(F)F)cc1F.